The van der Waals surface area contributed by atoms with Crippen molar-refractivity contribution in [1.29, 1.82) is 0 Å². The van der Waals surface area contributed by atoms with Gasteiger partial charge in [0.2, 0.25) is 10.0 Å². The molecule has 10 heteroatoms. The van der Waals surface area contributed by atoms with Gasteiger partial charge in [0.25, 0.3) is 5.69 Å². The molecular weight excluding hydrogens is 324 g/mol. The van der Waals surface area contributed by atoms with Gasteiger partial charge in [0.15, 0.2) is 0 Å². The van der Waals surface area contributed by atoms with Crippen molar-refractivity contribution < 1.29 is 23.2 Å². The minimum Gasteiger partial charge on any atom is -0.481 e. The molecule has 0 saturated heterocycles. The van der Waals surface area contributed by atoms with Gasteiger partial charge in [0.1, 0.15) is 5.02 Å². The van der Waals surface area contributed by atoms with E-state index < -0.39 is 32.0 Å². The number of nitro benzene ring substituents is 1. The SMILES string of the molecule is O=C(O)C1(CNS(=O)(=O)c2ccc(Cl)c([N+](=O)[O-])c2)CC1. The second-order valence-corrected chi connectivity index (χ2v) is 6.95. The first-order valence-corrected chi connectivity index (χ1v) is 7.71. The Labute approximate surface area is 124 Å². The Morgan fingerprint density at radius 1 is 1.48 bits per heavy atom. The molecule has 1 fully saturated rings. The molecule has 0 atom stereocenters. The van der Waals surface area contributed by atoms with E-state index in [0.717, 1.165) is 18.2 Å². The highest BCUT2D eigenvalue weighted by Crippen LogP contribution is 2.45. The van der Waals surface area contributed by atoms with E-state index in [1.165, 1.54) is 0 Å². The predicted octanol–water partition coefficient (Wildman–Crippen LogP) is 1.39. The summed E-state index contributed by atoms with van der Waals surface area (Å²) in [5, 5.41) is 19.6. The van der Waals surface area contributed by atoms with E-state index in [1.54, 1.807) is 0 Å². The Morgan fingerprint density at radius 3 is 2.57 bits per heavy atom. The molecule has 1 aromatic rings. The maximum absolute atomic E-state index is 12.0. The number of aliphatic carboxylic acids is 1. The average Bonchev–Trinajstić information content (AvgIpc) is 3.17. The smallest absolute Gasteiger partial charge is 0.310 e. The van der Waals surface area contributed by atoms with Gasteiger partial charge in [-0.05, 0) is 25.0 Å². The van der Waals surface area contributed by atoms with E-state index in [4.69, 9.17) is 16.7 Å². The van der Waals surface area contributed by atoms with Crippen molar-refractivity contribution in [3.8, 4) is 0 Å². The molecule has 0 radical (unpaired) electrons. The van der Waals surface area contributed by atoms with Crippen LogP contribution in [0.25, 0.3) is 0 Å². The van der Waals surface area contributed by atoms with Crippen molar-refractivity contribution >= 4 is 33.3 Å². The van der Waals surface area contributed by atoms with Crippen LogP contribution in [0, 0.1) is 15.5 Å². The monoisotopic (exact) mass is 334 g/mol. The number of nitro groups is 1. The van der Waals surface area contributed by atoms with Crippen LogP contribution in [-0.2, 0) is 14.8 Å². The van der Waals surface area contributed by atoms with E-state index in [1.807, 2.05) is 0 Å². The first kappa shape index (κ1) is 15.7. The zero-order valence-corrected chi connectivity index (χ0v) is 12.1. The molecule has 1 aliphatic rings. The molecule has 1 aliphatic carbocycles. The van der Waals surface area contributed by atoms with E-state index in [9.17, 15) is 23.3 Å². The maximum Gasteiger partial charge on any atom is 0.310 e. The number of nitrogens with one attached hydrogen (secondary N) is 1. The number of nitrogens with zero attached hydrogens (tertiary/aromatic N) is 1. The predicted molar refractivity (Wildman–Crippen MR) is 72.6 cm³/mol. The Kier molecular flexibility index (Phi) is 3.91. The normalized spacial score (nSPS) is 16.4. The Bertz CT molecular complexity index is 713. The van der Waals surface area contributed by atoms with E-state index in [0.29, 0.717) is 12.8 Å². The lowest BCUT2D eigenvalue weighted by molar-refractivity contribution is -0.384. The van der Waals surface area contributed by atoms with Gasteiger partial charge in [0.05, 0.1) is 15.2 Å². The quantitative estimate of drug-likeness (QED) is 0.598. The summed E-state index contributed by atoms with van der Waals surface area (Å²) in [5.41, 5.74) is -1.59. The fourth-order valence-electron chi connectivity index (χ4n) is 1.73. The Balaban J connectivity index is 2.22. The van der Waals surface area contributed by atoms with Crippen LogP contribution in [0.2, 0.25) is 5.02 Å². The number of sulfonamides is 1. The first-order valence-electron chi connectivity index (χ1n) is 5.85. The van der Waals surface area contributed by atoms with Crippen molar-refractivity contribution in [1.82, 2.24) is 4.72 Å². The summed E-state index contributed by atoms with van der Waals surface area (Å²) >= 11 is 5.61. The van der Waals surface area contributed by atoms with Crippen LogP contribution in [0.1, 0.15) is 12.8 Å². The first-order chi connectivity index (χ1) is 9.68. The van der Waals surface area contributed by atoms with Gasteiger partial charge in [-0.1, -0.05) is 11.6 Å². The second kappa shape index (κ2) is 5.24. The lowest BCUT2D eigenvalue weighted by Gasteiger charge is -2.11. The third-order valence-electron chi connectivity index (χ3n) is 3.33. The molecule has 21 heavy (non-hydrogen) atoms. The van der Waals surface area contributed by atoms with E-state index in [-0.39, 0.29) is 16.5 Å². The zero-order chi connectivity index (χ0) is 15.8. The standard InChI is InChI=1S/C11H11ClN2O6S/c12-8-2-1-7(5-9(8)14(17)18)21(19,20)13-6-11(3-4-11)10(15)16/h1-2,5,13H,3-4,6H2,(H,15,16). The number of carboxylic acids is 1. The largest absolute Gasteiger partial charge is 0.481 e. The molecule has 2 rings (SSSR count). The van der Waals surface area contributed by atoms with Gasteiger partial charge in [-0.2, -0.15) is 0 Å². The molecule has 0 unspecified atom stereocenters. The number of halogens is 1. The number of rotatable bonds is 6. The molecule has 1 saturated carbocycles. The van der Waals surface area contributed by atoms with Crippen molar-refractivity contribution in [2.24, 2.45) is 5.41 Å². The minimum absolute atomic E-state index is 0.178. The molecule has 1 aromatic carbocycles. The van der Waals surface area contributed by atoms with Crippen LogP contribution >= 0.6 is 11.6 Å². The Morgan fingerprint density at radius 2 is 2.10 bits per heavy atom. The van der Waals surface area contributed by atoms with Crippen LogP contribution in [0.3, 0.4) is 0 Å². The highest BCUT2D eigenvalue weighted by atomic mass is 35.5. The fraction of sp³-hybridized carbons (Fsp3) is 0.364. The molecule has 0 aromatic heterocycles. The van der Waals surface area contributed by atoms with Gasteiger partial charge in [-0.15, -0.1) is 0 Å². The van der Waals surface area contributed by atoms with Crippen LogP contribution in [0.15, 0.2) is 23.1 Å². The molecule has 0 bridgehead atoms. The van der Waals surface area contributed by atoms with Gasteiger partial charge >= 0.3 is 5.97 Å². The lowest BCUT2D eigenvalue weighted by atomic mass is 10.1. The average molecular weight is 335 g/mol. The highest BCUT2D eigenvalue weighted by Gasteiger charge is 2.50. The molecule has 114 valence electrons. The van der Waals surface area contributed by atoms with Crippen LogP contribution in [0.5, 0.6) is 0 Å². The van der Waals surface area contributed by atoms with Crippen LogP contribution in [0.4, 0.5) is 5.69 Å². The van der Waals surface area contributed by atoms with Crippen LogP contribution < -0.4 is 4.72 Å². The number of hydrogen-bond acceptors (Lipinski definition) is 5. The summed E-state index contributed by atoms with van der Waals surface area (Å²) in [4.78, 5) is 20.6. The van der Waals surface area contributed by atoms with Crippen molar-refractivity contribution in [2.45, 2.75) is 17.7 Å². The third kappa shape index (κ3) is 3.14. The highest BCUT2D eigenvalue weighted by molar-refractivity contribution is 7.89. The molecule has 0 amide bonds. The summed E-state index contributed by atoms with van der Waals surface area (Å²) in [6.45, 7) is -0.249. The topological polar surface area (TPSA) is 127 Å². The summed E-state index contributed by atoms with van der Waals surface area (Å²) in [7, 11) is -4.04. The number of hydrogen-bond donors (Lipinski definition) is 2. The molecule has 2 N–H and O–H groups in total. The van der Waals surface area contributed by atoms with Gasteiger partial charge in [-0.25, -0.2) is 13.1 Å². The van der Waals surface area contributed by atoms with Gasteiger partial charge < -0.3 is 5.11 Å². The third-order valence-corrected chi connectivity index (χ3v) is 5.05. The molecule has 0 aliphatic heterocycles. The second-order valence-electron chi connectivity index (χ2n) is 4.78. The molecule has 0 spiro atoms. The maximum atomic E-state index is 12.0. The number of carbonyl (C=O) groups is 1. The summed E-state index contributed by atoms with van der Waals surface area (Å²) in [6, 6.07) is 3.07. The van der Waals surface area contributed by atoms with Crippen molar-refractivity contribution in [2.75, 3.05) is 6.54 Å². The van der Waals surface area contributed by atoms with E-state index >= 15 is 0 Å². The lowest BCUT2D eigenvalue weighted by Crippen LogP contribution is -2.34. The van der Waals surface area contributed by atoms with Crippen molar-refractivity contribution in [3.05, 3.63) is 33.3 Å². The van der Waals surface area contributed by atoms with Crippen LogP contribution in [-0.4, -0.2) is 31.0 Å². The molecular formula is C11H11ClN2O6S. The Hall–Kier alpha value is -1.71. The summed E-state index contributed by atoms with van der Waals surface area (Å²) in [6.07, 6.45) is 0.789. The van der Waals surface area contributed by atoms with E-state index in [2.05, 4.69) is 4.72 Å². The number of benzene rings is 1. The minimum atomic E-state index is -4.04. The van der Waals surface area contributed by atoms with Crippen molar-refractivity contribution in [3.63, 3.8) is 0 Å². The zero-order valence-electron chi connectivity index (χ0n) is 10.6. The molecule has 8 nitrogen and oxygen atoms in total. The number of carboxylic acid groups (broad SMARTS) is 1. The molecule has 0 heterocycles. The fourth-order valence-corrected chi connectivity index (χ4v) is 3.07. The summed E-state index contributed by atoms with van der Waals surface area (Å²) in [5.74, 6) is -1.06. The summed E-state index contributed by atoms with van der Waals surface area (Å²) < 4.78 is 26.3. The van der Waals surface area contributed by atoms with Gasteiger partial charge in [-0.3, -0.25) is 14.9 Å². The van der Waals surface area contributed by atoms with Gasteiger partial charge in [0, 0.05) is 12.6 Å².